The van der Waals surface area contributed by atoms with E-state index in [1.165, 1.54) is 0 Å². The van der Waals surface area contributed by atoms with Crippen LogP contribution >= 0.6 is 0 Å². The number of nitrogens with zero attached hydrogens (tertiary/aromatic N) is 2. The molecule has 0 spiro atoms. The summed E-state index contributed by atoms with van der Waals surface area (Å²) in [6, 6.07) is 23.9. The molecule has 2 fully saturated rings. The second-order valence-electron chi connectivity index (χ2n) is 11.0. The van der Waals surface area contributed by atoms with Crippen molar-refractivity contribution in [2.45, 2.75) is 38.6 Å². The summed E-state index contributed by atoms with van der Waals surface area (Å²) in [5.41, 5.74) is 5.58. The van der Waals surface area contributed by atoms with E-state index in [2.05, 4.69) is 17.9 Å². The van der Waals surface area contributed by atoms with Crippen molar-refractivity contribution in [2.75, 3.05) is 39.5 Å². The molecular formula is C34H35FN2O4. The lowest BCUT2D eigenvalue weighted by atomic mass is 9.85. The third-order valence-corrected chi connectivity index (χ3v) is 8.08. The fraction of sp³-hybridized carbons (Fsp3) is 0.382. The Morgan fingerprint density at radius 1 is 1.02 bits per heavy atom. The van der Waals surface area contributed by atoms with Gasteiger partial charge >= 0.3 is 0 Å². The number of rotatable bonds is 9. The monoisotopic (exact) mass is 554 g/mol. The van der Waals surface area contributed by atoms with Crippen LogP contribution in [0.3, 0.4) is 0 Å². The van der Waals surface area contributed by atoms with Crippen LogP contribution in [0.25, 0.3) is 11.1 Å². The van der Waals surface area contributed by atoms with Crippen molar-refractivity contribution in [1.82, 2.24) is 4.90 Å². The fourth-order valence-corrected chi connectivity index (χ4v) is 5.81. The topological polar surface area (TPSA) is 64.0 Å². The maximum Gasteiger partial charge on any atom is 0.199 e. The van der Waals surface area contributed by atoms with Crippen LogP contribution in [-0.4, -0.2) is 50.7 Å². The maximum atomic E-state index is 12.7. The number of halogens is 1. The standard InChI is InChI=1S/C34H35FN2O4/c1-23-30-18-29(40-32-7-2-3-15-39-32)12-13-31(30)41-34(33(23)27-6-4-5-24(17-27)20-36)26-8-10-28(11-9-26)38-16-14-37-21-25(19-35)22-37/h4-6,8-13,17-18,25,32,34H,2-3,7,14-16,19,21-22H2,1H3. The highest BCUT2D eigenvalue weighted by Gasteiger charge is 2.30. The number of allylic oxidation sites excluding steroid dienone is 1. The average molecular weight is 555 g/mol. The van der Waals surface area contributed by atoms with Gasteiger partial charge in [-0.25, -0.2) is 0 Å². The van der Waals surface area contributed by atoms with E-state index in [9.17, 15) is 9.65 Å². The Labute approximate surface area is 240 Å². The largest absolute Gasteiger partial charge is 0.492 e. The molecule has 6 nitrogen and oxygen atoms in total. The third-order valence-electron chi connectivity index (χ3n) is 8.08. The molecule has 41 heavy (non-hydrogen) atoms. The molecule has 0 saturated carbocycles. The Hall–Kier alpha value is -3.86. The van der Waals surface area contributed by atoms with Crippen LogP contribution in [0, 0.1) is 17.2 Å². The number of hydrogen-bond donors (Lipinski definition) is 0. The SMILES string of the molecule is CC1=C(c2cccc(C#N)c2)C(c2ccc(OCCN3CC(CF)C3)cc2)Oc2ccc(OC3CCCCO3)cc21. The van der Waals surface area contributed by atoms with Crippen molar-refractivity contribution in [2.24, 2.45) is 5.92 Å². The van der Waals surface area contributed by atoms with Crippen LogP contribution in [0.15, 0.2) is 66.7 Å². The van der Waals surface area contributed by atoms with Crippen LogP contribution in [0.4, 0.5) is 4.39 Å². The number of alkyl halides is 1. The number of hydrogen-bond acceptors (Lipinski definition) is 6. The summed E-state index contributed by atoms with van der Waals surface area (Å²) in [6.07, 6.45) is 2.46. The Kier molecular flexibility index (Phi) is 8.22. The number of nitriles is 1. The molecule has 6 rings (SSSR count). The molecule has 2 atom stereocenters. The summed E-state index contributed by atoms with van der Waals surface area (Å²) in [5, 5.41) is 9.58. The lowest BCUT2D eigenvalue weighted by Gasteiger charge is -2.37. The Morgan fingerprint density at radius 3 is 2.61 bits per heavy atom. The lowest BCUT2D eigenvalue weighted by molar-refractivity contribution is -0.105. The van der Waals surface area contributed by atoms with Crippen LogP contribution in [0.2, 0.25) is 0 Å². The van der Waals surface area contributed by atoms with Crippen molar-refractivity contribution in [3.63, 3.8) is 0 Å². The van der Waals surface area contributed by atoms with Gasteiger partial charge in [0.25, 0.3) is 0 Å². The minimum atomic E-state index is -0.363. The predicted octanol–water partition coefficient (Wildman–Crippen LogP) is 6.81. The van der Waals surface area contributed by atoms with Crippen LogP contribution < -0.4 is 14.2 Å². The highest BCUT2D eigenvalue weighted by atomic mass is 19.1. The van der Waals surface area contributed by atoms with Gasteiger partial charge in [-0.15, -0.1) is 0 Å². The molecule has 0 aliphatic carbocycles. The van der Waals surface area contributed by atoms with E-state index in [1.54, 1.807) is 0 Å². The number of ether oxygens (including phenoxy) is 4. The molecule has 212 valence electrons. The third kappa shape index (κ3) is 6.09. The molecule has 0 aromatic heterocycles. The van der Waals surface area contributed by atoms with Gasteiger partial charge in [0.1, 0.15) is 30.0 Å². The molecule has 2 saturated heterocycles. The Morgan fingerprint density at radius 2 is 1.85 bits per heavy atom. The second kappa shape index (κ2) is 12.3. The fourth-order valence-electron chi connectivity index (χ4n) is 5.81. The summed E-state index contributed by atoms with van der Waals surface area (Å²) < 4.78 is 37.3. The second-order valence-corrected chi connectivity index (χ2v) is 11.0. The van der Waals surface area contributed by atoms with E-state index in [1.807, 2.05) is 66.7 Å². The zero-order valence-electron chi connectivity index (χ0n) is 23.4. The summed E-state index contributed by atoms with van der Waals surface area (Å²) in [5.74, 6) is 2.50. The number of benzene rings is 3. The Bertz CT molecular complexity index is 1440. The van der Waals surface area contributed by atoms with Crippen LogP contribution in [0.1, 0.15) is 54.5 Å². The van der Waals surface area contributed by atoms with Gasteiger partial charge in [-0.2, -0.15) is 5.26 Å². The van der Waals surface area contributed by atoms with Crippen LogP contribution in [0.5, 0.6) is 17.2 Å². The predicted molar refractivity (Wildman–Crippen MR) is 156 cm³/mol. The molecule has 0 N–H and O–H groups in total. The molecule has 7 heteroatoms. The van der Waals surface area contributed by atoms with Gasteiger partial charge in [0.2, 0.25) is 0 Å². The molecule has 0 amide bonds. The van der Waals surface area contributed by atoms with E-state index in [-0.39, 0.29) is 25.0 Å². The zero-order chi connectivity index (χ0) is 28.2. The van der Waals surface area contributed by atoms with E-state index in [0.29, 0.717) is 12.2 Å². The Balaban J connectivity index is 1.25. The van der Waals surface area contributed by atoms with Gasteiger partial charge in [0.15, 0.2) is 6.29 Å². The van der Waals surface area contributed by atoms with Gasteiger partial charge in [-0.05, 0) is 78.9 Å². The highest BCUT2D eigenvalue weighted by Crippen LogP contribution is 2.47. The van der Waals surface area contributed by atoms with Crippen molar-refractivity contribution < 1.29 is 23.3 Å². The van der Waals surface area contributed by atoms with E-state index in [0.717, 1.165) is 90.6 Å². The minimum absolute atomic E-state index is 0.180. The van der Waals surface area contributed by atoms with E-state index in [4.69, 9.17) is 18.9 Å². The number of fused-ring (bicyclic) bond motifs is 1. The molecule has 0 bridgehead atoms. The molecular weight excluding hydrogens is 519 g/mol. The maximum absolute atomic E-state index is 12.7. The molecule has 3 aromatic rings. The lowest BCUT2D eigenvalue weighted by Crippen LogP contribution is -2.49. The van der Waals surface area contributed by atoms with Gasteiger partial charge < -0.3 is 18.9 Å². The summed E-state index contributed by atoms with van der Waals surface area (Å²) >= 11 is 0. The molecule has 3 aliphatic rings. The normalized spacial score (nSPS) is 20.9. The van der Waals surface area contributed by atoms with Crippen molar-refractivity contribution >= 4 is 11.1 Å². The summed E-state index contributed by atoms with van der Waals surface area (Å²) in [4.78, 5) is 2.21. The zero-order valence-corrected chi connectivity index (χ0v) is 23.4. The van der Waals surface area contributed by atoms with E-state index >= 15 is 0 Å². The van der Waals surface area contributed by atoms with Crippen molar-refractivity contribution in [1.29, 1.82) is 5.26 Å². The summed E-state index contributed by atoms with van der Waals surface area (Å²) in [7, 11) is 0. The smallest absolute Gasteiger partial charge is 0.199 e. The van der Waals surface area contributed by atoms with Gasteiger partial charge in [0.05, 0.1) is 24.9 Å². The first-order chi connectivity index (χ1) is 20.1. The molecule has 3 aromatic carbocycles. The van der Waals surface area contributed by atoms with Gasteiger partial charge in [-0.1, -0.05) is 24.3 Å². The minimum Gasteiger partial charge on any atom is -0.492 e. The summed E-state index contributed by atoms with van der Waals surface area (Å²) in [6.45, 7) is 5.55. The van der Waals surface area contributed by atoms with Crippen molar-refractivity contribution in [3.8, 4) is 23.3 Å². The molecule has 3 heterocycles. The number of likely N-dealkylation sites (tertiary alicyclic amines) is 1. The molecule has 3 aliphatic heterocycles. The first-order valence-electron chi connectivity index (χ1n) is 14.4. The van der Waals surface area contributed by atoms with Crippen molar-refractivity contribution in [3.05, 3.63) is 89.0 Å². The first-order valence-corrected chi connectivity index (χ1v) is 14.4. The average Bonchev–Trinajstić information content (AvgIpc) is 2.99. The van der Waals surface area contributed by atoms with Gasteiger partial charge in [0, 0.05) is 43.1 Å². The van der Waals surface area contributed by atoms with Crippen LogP contribution in [-0.2, 0) is 4.74 Å². The van der Waals surface area contributed by atoms with Gasteiger partial charge in [-0.3, -0.25) is 9.29 Å². The molecule has 0 radical (unpaired) electrons. The first kappa shape index (κ1) is 27.3. The van der Waals surface area contributed by atoms with E-state index < -0.39 is 0 Å². The highest BCUT2D eigenvalue weighted by molar-refractivity contribution is 5.95. The molecule has 2 unspecified atom stereocenters. The quantitative estimate of drug-likeness (QED) is 0.290.